The van der Waals surface area contributed by atoms with Crippen LogP contribution in [0.4, 0.5) is 5.69 Å². The lowest BCUT2D eigenvalue weighted by Gasteiger charge is -2.29. The van der Waals surface area contributed by atoms with Gasteiger partial charge < -0.3 is 10.1 Å². The van der Waals surface area contributed by atoms with Crippen molar-refractivity contribution in [1.82, 2.24) is 4.31 Å². The molecule has 27 heavy (non-hydrogen) atoms. The number of hydrogen-bond donors (Lipinski definition) is 1. The largest absolute Gasteiger partial charge is 0.489 e. The lowest BCUT2D eigenvalue weighted by atomic mass is 10.2. The van der Waals surface area contributed by atoms with Crippen LogP contribution >= 0.6 is 35.1 Å². The maximum atomic E-state index is 6.35. The molecule has 3 aromatic carbocycles. The molecule has 0 radical (unpaired) electrons. The van der Waals surface area contributed by atoms with E-state index >= 15 is 0 Å². The molecular weight excluding hydrogens is 399 g/mol. The van der Waals surface area contributed by atoms with Gasteiger partial charge in [-0.1, -0.05) is 65.7 Å². The fraction of sp³-hybridized carbons (Fsp3) is 0.143. The van der Waals surface area contributed by atoms with E-state index in [0.29, 0.717) is 23.3 Å². The number of hydrogen-bond acceptors (Lipinski definition) is 4. The number of fused-ring (bicyclic) bond motifs is 1. The number of halogens is 2. The molecular formula is C21H18Cl2N2OS. The number of anilines is 1. The normalized spacial score (nSPS) is 13.7. The van der Waals surface area contributed by atoms with Gasteiger partial charge in [0.2, 0.25) is 0 Å². The number of nitrogens with zero attached hydrogens (tertiary/aromatic N) is 1. The van der Waals surface area contributed by atoms with Crippen molar-refractivity contribution in [2.75, 3.05) is 12.0 Å². The Balaban J connectivity index is 1.41. The lowest BCUT2D eigenvalue weighted by Crippen LogP contribution is -2.26. The minimum absolute atomic E-state index is 0.564. The third kappa shape index (κ3) is 4.71. The molecule has 1 heterocycles. The summed E-state index contributed by atoms with van der Waals surface area (Å²) in [4.78, 5) is 1.00. The molecule has 0 aromatic heterocycles. The van der Waals surface area contributed by atoms with Crippen LogP contribution in [0, 0.1) is 0 Å². The molecule has 1 aliphatic rings. The molecule has 1 N–H and O–H groups in total. The van der Waals surface area contributed by atoms with Crippen molar-refractivity contribution in [3.8, 4) is 5.75 Å². The Bertz CT molecular complexity index is 937. The fourth-order valence-electron chi connectivity index (χ4n) is 2.89. The van der Waals surface area contributed by atoms with Gasteiger partial charge in [0.25, 0.3) is 0 Å². The van der Waals surface area contributed by atoms with E-state index in [2.05, 4.69) is 33.9 Å². The first-order valence-electron chi connectivity index (χ1n) is 8.59. The number of rotatable bonds is 5. The van der Waals surface area contributed by atoms with Gasteiger partial charge in [0.1, 0.15) is 12.4 Å². The van der Waals surface area contributed by atoms with Crippen LogP contribution in [0.15, 0.2) is 71.6 Å². The van der Waals surface area contributed by atoms with Gasteiger partial charge in [0, 0.05) is 11.6 Å². The molecule has 0 fully saturated rings. The summed E-state index contributed by atoms with van der Waals surface area (Å²) in [7, 11) is 0. The topological polar surface area (TPSA) is 24.5 Å². The predicted molar refractivity (Wildman–Crippen MR) is 114 cm³/mol. The van der Waals surface area contributed by atoms with Gasteiger partial charge in [0.05, 0.1) is 22.3 Å². The Morgan fingerprint density at radius 1 is 0.963 bits per heavy atom. The van der Waals surface area contributed by atoms with Crippen LogP contribution in [0.2, 0.25) is 10.0 Å². The van der Waals surface area contributed by atoms with Crippen LogP contribution in [-0.4, -0.2) is 11.0 Å². The van der Waals surface area contributed by atoms with Crippen molar-refractivity contribution >= 4 is 40.8 Å². The third-order valence-electron chi connectivity index (χ3n) is 4.18. The molecule has 3 aromatic rings. The van der Waals surface area contributed by atoms with Crippen LogP contribution in [-0.2, 0) is 13.2 Å². The number of nitrogens with one attached hydrogen (secondary N) is 1. The highest BCUT2D eigenvalue weighted by Gasteiger charge is 2.20. The molecule has 6 heteroatoms. The Labute approximate surface area is 173 Å². The minimum atomic E-state index is 0.564. The zero-order chi connectivity index (χ0) is 18.6. The fourth-order valence-corrected chi connectivity index (χ4v) is 4.46. The van der Waals surface area contributed by atoms with E-state index < -0.39 is 0 Å². The first-order chi connectivity index (χ1) is 13.2. The molecule has 0 aliphatic carbocycles. The van der Waals surface area contributed by atoms with Gasteiger partial charge in [-0.2, -0.15) is 0 Å². The summed E-state index contributed by atoms with van der Waals surface area (Å²) < 4.78 is 8.15. The first kappa shape index (κ1) is 18.5. The summed E-state index contributed by atoms with van der Waals surface area (Å²) in [5.74, 6) is 0.872. The van der Waals surface area contributed by atoms with E-state index in [1.54, 1.807) is 18.0 Å². The summed E-state index contributed by atoms with van der Waals surface area (Å²) in [6, 6.07) is 22.1. The van der Waals surface area contributed by atoms with Crippen molar-refractivity contribution in [3.63, 3.8) is 0 Å². The van der Waals surface area contributed by atoms with Crippen molar-refractivity contribution < 1.29 is 4.74 Å². The third-order valence-corrected chi connectivity index (χ3v) is 5.95. The first-order valence-corrected chi connectivity index (χ1v) is 10.1. The van der Waals surface area contributed by atoms with Crippen molar-refractivity contribution in [1.29, 1.82) is 0 Å². The number of ether oxygens (including phenoxy) is 1. The van der Waals surface area contributed by atoms with Gasteiger partial charge in [0.15, 0.2) is 0 Å². The maximum Gasteiger partial charge on any atom is 0.120 e. The smallest absolute Gasteiger partial charge is 0.120 e. The molecule has 1 aliphatic heterocycles. The highest BCUT2D eigenvalue weighted by molar-refractivity contribution is 7.97. The van der Waals surface area contributed by atoms with Gasteiger partial charge in [-0.3, -0.25) is 0 Å². The SMILES string of the molecule is Clc1cc(Cl)c2c(c1)NCN(Cc1cccc(OCc3ccccc3)c1)S2. The van der Waals surface area contributed by atoms with Crippen molar-refractivity contribution in [2.45, 2.75) is 18.0 Å². The van der Waals surface area contributed by atoms with Crippen LogP contribution < -0.4 is 10.1 Å². The molecule has 0 bridgehead atoms. The van der Waals surface area contributed by atoms with E-state index in [9.17, 15) is 0 Å². The average molecular weight is 417 g/mol. The minimum Gasteiger partial charge on any atom is -0.489 e. The summed E-state index contributed by atoms with van der Waals surface area (Å²) in [6.45, 7) is 2.05. The van der Waals surface area contributed by atoms with Crippen molar-refractivity contribution in [3.05, 3.63) is 87.9 Å². The number of benzene rings is 3. The Kier molecular flexibility index (Phi) is 5.79. The van der Waals surface area contributed by atoms with Crippen LogP contribution in [0.3, 0.4) is 0 Å². The van der Waals surface area contributed by atoms with Gasteiger partial charge >= 0.3 is 0 Å². The van der Waals surface area contributed by atoms with Gasteiger partial charge in [-0.15, -0.1) is 0 Å². The van der Waals surface area contributed by atoms with E-state index in [-0.39, 0.29) is 0 Å². The summed E-state index contributed by atoms with van der Waals surface area (Å²) >= 11 is 14.1. The molecule has 138 valence electrons. The van der Waals surface area contributed by atoms with Gasteiger partial charge in [-0.25, -0.2) is 4.31 Å². The van der Waals surface area contributed by atoms with Crippen LogP contribution in [0.1, 0.15) is 11.1 Å². The van der Waals surface area contributed by atoms with Crippen LogP contribution in [0.5, 0.6) is 5.75 Å². The molecule has 0 amide bonds. The van der Waals surface area contributed by atoms with Gasteiger partial charge in [-0.05, 0) is 47.3 Å². The quantitative estimate of drug-likeness (QED) is 0.481. The maximum absolute atomic E-state index is 6.35. The van der Waals surface area contributed by atoms with E-state index in [0.717, 1.165) is 28.4 Å². The highest BCUT2D eigenvalue weighted by atomic mass is 35.5. The molecule has 0 saturated carbocycles. The molecule has 0 atom stereocenters. The van der Waals surface area contributed by atoms with E-state index in [1.807, 2.05) is 36.4 Å². The molecule has 0 saturated heterocycles. The summed E-state index contributed by atoms with van der Waals surface area (Å²) in [6.07, 6.45) is 0. The highest BCUT2D eigenvalue weighted by Crippen LogP contribution is 2.41. The second-order valence-corrected chi connectivity index (χ2v) is 8.20. The van der Waals surface area contributed by atoms with E-state index in [4.69, 9.17) is 27.9 Å². The van der Waals surface area contributed by atoms with E-state index in [1.165, 1.54) is 5.56 Å². The standard InChI is InChI=1S/C21H18Cl2N2OS/c22-17-10-19(23)21-20(11-17)24-14-25(27-21)12-16-7-4-8-18(9-16)26-13-15-5-2-1-3-6-15/h1-11,24H,12-14H2. The molecule has 3 nitrogen and oxygen atoms in total. The molecule has 4 rings (SSSR count). The Morgan fingerprint density at radius 2 is 1.78 bits per heavy atom. The Morgan fingerprint density at radius 3 is 2.63 bits per heavy atom. The lowest BCUT2D eigenvalue weighted by molar-refractivity contribution is 0.305. The second-order valence-electron chi connectivity index (χ2n) is 6.25. The molecule has 0 unspecified atom stereocenters. The monoisotopic (exact) mass is 416 g/mol. The molecule has 0 spiro atoms. The zero-order valence-electron chi connectivity index (χ0n) is 14.5. The Hall–Kier alpha value is -1.85. The summed E-state index contributed by atoms with van der Waals surface area (Å²) in [5.41, 5.74) is 3.32. The predicted octanol–water partition coefficient (Wildman–Crippen LogP) is 6.46. The summed E-state index contributed by atoms with van der Waals surface area (Å²) in [5, 5.41) is 4.69. The zero-order valence-corrected chi connectivity index (χ0v) is 16.8. The second kappa shape index (κ2) is 8.44. The van der Waals surface area contributed by atoms with Crippen LogP contribution in [0.25, 0.3) is 0 Å². The average Bonchev–Trinajstić information content (AvgIpc) is 2.68. The van der Waals surface area contributed by atoms with Crippen molar-refractivity contribution in [2.24, 2.45) is 0 Å².